The molecular weight excluding hydrogens is 468 g/mol. The maximum absolute atomic E-state index is 12.2. The Labute approximate surface area is 142 Å². The van der Waals surface area contributed by atoms with E-state index in [-0.39, 0.29) is 19.3 Å². The Morgan fingerprint density at radius 3 is 2.19 bits per heavy atom. The van der Waals surface area contributed by atoms with Crippen LogP contribution in [0.15, 0.2) is 47.7 Å². The van der Waals surface area contributed by atoms with E-state index in [1.165, 1.54) is 24.3 Å². The molecule has 0 aliphatic heterocycles. The van der Waals surface area contributed by atoms with Crippen LogP contribution in [0.5, 0.6) is 0 Å². The third-order valence-electron chi connectivity index (χ3n) is 2.33. The van der Waals surface area contributed by atoms with Gasteiger partial charge in [0.1, 0.15) is 4.21 Å². The Kier molecular flexibility index (Phi) is 4.81. The third kappa shape index (κ3) is 4.05. The van der Waals surface area contributed by atoms with Crippen LogP contribution in [0.2, 0.25) is 0 Å². The number of hydrogen-bond donors (Lipinski definition) is 2. The molecule has 0 fully saturated rings. The first kappa shape index (κ1) is 16.9. The van der Waals surface area contributed by atoms with Crippen molar-refractivity contribution in [2.24, 2.45) is 5.14 Å². The van der Waals surface area contributed by atoms with Crippen LogP contribution in [0.1, 0.15) is 0 Å². The van der Waals surface area contributed by atoms with Gasteiger partial charge >= 0.3 is 0 Å². The Morgan fingerprint density at radius 2 is 1.71 bits per heavy atom. The molecule has 114 valence electrons. The largest absolute Gasteiger partial charge is 0.278 e. The number of nitrogens with two attached hydrogens (primary N) is 1. The summed E-state index contributed by atoms with van der Waals surface area (Å²) < 4.78 is 50.2. The Hall–Kier alpha value is -0.460. The minimum Gasteiger partial charge on any atom is -0.278 e. The quantitative estimate of drug-likeness (QED) is 0.708. The number of anilines is 1. The number of hydrogen-bond acceptors (Lipinski definition) is 5. The van der Waals surface area contributed by atoms with Gasteiger partial charge in [-0.2, -0.15) is 0 Å². The molecular formula is C10H8Br2N2O4S3. The van der Waals surface area contributed by atoms with Gasteiger partial charge in [0.2, 0.25) is 10.0 Å². The zero-order chi connectivity index (χ0) is 15.8. The van der Waals surface area contributed by atoms with Crippen LogP contribution in [0.25, 0.3) is 0 Å². The number of benzene rings is 1. The topological polar surface area (TPSA) is 106 Å². The van der Waals surface area contributed by atoms with Crippen LogP contribution >= 0.6 is 43.2 Å². The van der Waals surface area contributed by atoms with E-state index in [1.54, 1.807) is 6.07 Å². The zero-order valence-corrected chi connectivity index (χ0v) is 15.7. The molecule has 0 saturated heterocycles. The van der Waals surface area contributed by atoms with E-state index in [4.69, 9.17) is 5.14 Å². The lowest BCUT2D eigenvalue weighted by Gasteiger charge is -2.09. The number of thiophene rings is 1. The average Bonchev–Trinajstić information content (AvgIpc) is 2.78. The van der Waals surface area contributed by atoms with E-state index < -0.39 is 20.0 Å². The highest BCUT2D eigenvalue weighted by atomic mass is 79.9. The van der Waals surface area contributed by atoms with Gasteiger partial charge in [-0.25, -0.2) is 22.0 Å². The fraction of sp³-hybridized carbons (Fsp3) is 0. The summed E-state index contributed by atoms with van der Waals surface area (Å²) in [5.41, 5.74) is 0.215. The molecule has 0 radical (unpaired) electrons. The van der Waals surface area contributed by atoms with Crippen LogP contribution in [0, 0.1) is 0 Å². The molecule has 2 aromatic rings. The smallest absolute Gasteiger partial charge is 0.271 e. The minimum atomic E-state index is -3.85. The van der Waals surface area contributed by atoms with Crippen LogP contribution in [0.4, 0.5) is 5.69 Å². The highest BCUT2D eigenvalue weighted by molar-refractivity contribution is 9.11. The van der Waals surface area contributed by atoms with Crippen molar-refractivity contribution in [2.45, 2.75) is 9.10 Å². The molecule has 0 aliphatic carbocycles. The second-order valence-corrected chi connectivity index (χ2v) is 10.6. The predicted octanol–water partition coefficient (Wildman–Crippen LogP) is 2.72. The van der Waals surface area contributed by atoms with E-state index in [9.17, 15) is 16.8 Å². The lowest BCUT2D eigenvalue weighted by atomic mass is 10.3. The monoisotopic (exact) mass is 474 g/mol. The molecule has 0 amide bonds. The van der Waals surface area contributed by atoms with Gasteiger partial charge in [-0.3, -0.25) is 4.72 Å². The molecule has 0 spiro atoms. The molecule has 2 rings (SSSR count). The summed E-state index contributed by atoms with van der Waals surface area (Å²) in [4.78, 5) is -0.115. The fourth-order valence-electron chi connectivity index (χ4n) is 1.39. The van der Waals surface area contributed by atoms with Crippen molar-refractivity contribution in [1.82, 2.24) is 0 Å². The molecule has 6 nitrogen and oxygen atoms in total. The second kappa shape index (κ2) is 5.97. The van der Waals surface area contributed by atoms with Gasteiger partial charge in [0, 0.05) is 4.47 Å². The molecule has 3 N–H and O–H groups in total. The van der Waals surface area contributed by atoms with Gasteiger partial charge in [0.15, 0.2) is 0 Å². The summed E-state index contributed by atoms with van der Waals surface area (Å²) in [5.74, 6) is 0. The van der Waals surface area contributed by atoms with Crippen molar-refractivity contribution in [3.8, 4) is 0 Å². The van der Waals surface area contributed by atoms with Crippen LogP contribution in [0.3, 0.4) is 0 Å². The molecule has 0 unspecified atom stereocenters. The van der Waals surface area contributed by atoms with Gasteiger partial charge in [0.05, 0.1) is 14.4 Å². The number of rotatable bonds is 4. The molecule has 1 aromatic carbocycles. The Bertz CT molecular complexity index is 891. The Balaban J connectivity index is 2.36. The van der Waals surface area contributed by atoms with E-state index >= 15 is 0 Å². The fourth-order valence-corrected chi connectivity index (χ4v) is 5.78. The van der Waals surface area contributed by atoms with Gasteiger partial charge in [-0.05, 0) is 62.2 Å². The van der Waals surface area contributed by atoms with E-state index in [2.05, 4.69) is 36.6 Å². The number of primary sulfonamides is 1. The van der Waals surface area contributed by atoms with Crippen molar-refractivity contribution in [1.29, 1.82) is 0 Å². The first-order valence-electron chi connectivity index (χ1n) is 5.20. The van der Waals surface area contributed by atoms with Crippen molar-refractivity contribution in [3.63, 3.8) is 0 Å². The average molecular weight is 476 g/mol. The highest BCUT2D eigenvalue weighted by Crippen LogP contribution is 2.31. The first-order chi connectivity index (χ1) is 9.59. The second-order valence-electron chi connectivity index (χ2n) is 3.85. The third-order valence-corrected chi connectivity index (χ3v) is 7.37. The summed E-state index contributed by atoms with van der Waals surface area (Å²) in [6, 6.07) is 6.87. The summed E-state index contributed by atoms with van der Waals surface area (Å²) in [7, 11) is -7.58. The molecule has 0 atom stereocenters. The SMILES string of the molecule is NS(=O)(=O)c1ccc(NS(=O)(=O)c2ccc(Br)s2)c(Br)c1. The highest BCUT2D eigenvalue weighted by Gasteiger charge is 2.19. The maximum Gasteiger partial charge on any atom is 0.271 e. The maximum atomic E-state index is 12.2. The molecule has 1 aromatic heterocycles. The first-order valence-corrected chi connectivity index (χ1v) is 10.6. The standard InChI is InChI=1S/C10H8Br2N2O4S3/c11-7-5-6(20(13,15)16)1-2-8(7)14-21(17,18)10-4-3-9(12)19-10/h1-5,14H,(H2,13,15,16). The van der Waals surface area contributed by atoms with Crippen LogP contribution in [-0.2, 0) is 20.0 Å². The predicted molar refractivity (Wildman–Crippen MR) is 88.3 cm³/mol. The lowest BCUT2D eigenvalue weighted by molar-refractivity contribution is 0.597. The molecule has 1 heterocycles. The van der Waals surface area contributed by atoms with E-state index in [1.807, 2.05) is 0 Å². The van der Waals surface area contributed by atoms with Gasteiger partial charge in [-0.1, -0.05) is 0 Å². The minimum absolute atomic E-state index is 0.115. The van der Waals surface area contributed by atoms with Crippen molar-refractivity contribution >= 4 is 68.9 Å². The van der Waals surface area contributed by atoms with E-state index in [0.717, 1.165) is 11.3 Å². The Morgan fingerprint density at radius 1 is 1.05 bits per heavy atom. The van der Waals surface area contributed by atoms with E-state index in [0.29, 0.717) is 3.79 Å². The number of sulfonamides is 2. The summed E-state index contributed by atoms with van der Waals surface area (Å²) in [6.45, 7) is 0. The molecule has 0 aliphatic rings. The van der Waals surface area contributed by atoms with Gasteiger partial charge in [-0.15, -0.1) is 11.3 Å². The van der Waals surface area contributed by atoms with Crippen LogP contribution in [-0.4, -0.2) is 16.8 Å². The summed E-state index contributed by atoms with van der Waals surface area (Å²) in [6.07, 6.45) is 0. The van der Waals surface area contributed by atoms with Gasteiger partial charge in [0.25, 0.3) is 10.0 Å². The molecule has 0 saturated carbocycles. The van der Waals surface area contributed by atoms with Crippen molar-refractivity contribution < 1.29 is 16.8 Å². The lowest BCUT2D eigenvalue weighted by Crippen LogP contribution is -2.14. The van der Waals surface area contributed by atoms with Gasteiger partial charge < -0.3 is 0 Å². The van der Waals surface area contributed by atoms with Crippen molar-refractivity contribution in [3.05, 3.63) is 38.6 Å². The molecule has 11 heteroatoms. The summed E-state index contributed by atoms with van der Waals surface area (Å²) in [5, 5.41) is 5.01. The molecule has 0 bridgehead atoms. The van der Waals surface area contributed by atoms with Crippen molar-refractivity contribution in [2.75, 3.05) is 4.72 Å². The summed E-state index contributed by atoms with van der Waals surface area (Å²) >= 11 is 7.37. The molecule has 21 heavy (non-hydrogen) atoms. The number of halogens is 2. The normalized spacial score (nSPS) is 12.3. The number of nitrogens with one attached hydrogen (secondary N) is 1. The van der Waals surface area contributed by atoms with Crippen LogP contribution < -0.4 is 9.86 Å². The zero-order valence-electron chi connectivity index (χ0n) is 10.1.